The first-order chi connectivity index (χ1) is 12.9. The van der Waals surface area contributed by atoms with Gasteiger partial charge in [-0.15, -0.1) is 16.8 Å². The summed E-state index contributed by atoms with van der Waals surface area (Å²) in [5.41, 5.74) is 0.852. The summed E-state index contributed by atoms with van der Waals surface area (Å²) in [6.07, 6.45) is 3.35. The third-order valence-corrected chi connectivity index (χ3v) is 7.10. The Hall–Kier alpha value is -2.03. The molecule has 1 aromatic carbocycles. The fourth-order valence-electron chi connectivity index (χ4n) is 2.51. The van der Waals surface area contributed by atoms with E-state index in [0.29, 0.717) is 28.3 Å². The van der Waals surface area contributed by atoms with Crippen molar-refractivity contribution < 1.29 is 12.8 Å². The van der Waals surface area contributed by atoms with E-state index in [1.165, 1.54) is 23.9 Å². The van der Waals surface area contributed by atoms with E-state index in [1.807, 2.05) is 17.6 Å². The number of nitrogens with zero attached hydrogens (tertiary/aromatic N) is 3. The van der Waals surface area contributed by atoms with Gasteiger partial charge in [0.2, 0.25) is 0 Å². The van der Waals surface area contributed by atoms with E-state index >= 15 is 0 Å². The Morgan fingerprint density at radius 1 is 1.26 bits per heavy atom. The van der Waals surface area contributed by atoms with E-state index in [1.54, 1.807) is 24.5 Å². The Morgan fingerprint density at radius 3 is 2.63 bits per heavy atom. The molecule has 0 aliphatic carbocycles. The lowest BCUT2D eigenvalue weighted by Gasteiger charge is -2.08. The van der Waals surface area contributed by atoms with Crippen LogP contribution in [-0.2, 0) is 16.4 Å². The van der Waals surface area contributed by atoms with Gasteiger partial charge in [0.15, 0.2) is 20.8 Å². The fourth-order valence-corrected chi connectivity index (χ4v) is 5.23. The van der Waals surface area contributed by atoms with E-state index in [-0.39, 0.29) is 10.6 Å². The van der Waals surface area contributed by atoms with Crippen molar-refractivity contribution in [3.63, 3.8) is 0 Å². The van der Waals surface area contributed by atoms with Gasteiger partial charge in [-0.3, -0.25) is 4.57 Å². The van der Waals surface area contributed by atoms with Crippen LogP contribution in [0.4, 0.5) is 0 Å². The molecule has 142 valence electrons. The van der Waals surface area contributed by atoms with Crippen molar-refractivity contribution in [3.05, 3.63) is 60.0 Å². The zero-order valence-corrected chi connectivity index (χ0v) is 17.0. The average Bonchev–Trinajstić information content (AvgIpc) is 3.22. The van der Waals surface area contributed by atoms with Gasteiger partial charge in [-0.2, -0.15) is 0 Å². The summed E-state index contributed by atoms with van der Waals surface area (Å²) in [5.74, 6) is 1.75. The quantitative estimate of drug-likeness (QED) is 0.398. The largest absolute Gasteiger partial charge is 0.469 e. The number of hydrogen-bond donors (Lipinski definition) is 0. The van der Waals surface area contributed by atoms with Crippen molar-refractivity contribution in [2.24, 2.45) is 0 Å². The monoisotopic (exact) mass is 423 g/mol. The van der Waals surface area contributed by atoms with Crippen LogP contribution in [0.1, 0.15) is 5.76 Å². The molecule has 0 fully saturated rings. The lowest BCUT2D eigenvalue weighted by Crippen LogP contribution is -2.09. The average molecular weight is 424 g/mol. The zero-order valence-electron chi connectivity index (χ0n) is 14.6. The molecule has 0 atom stereocenters. The standard InChI is InChI=1S/C18H18ClN3O3S2/c1-3-9-22-17(16-8-10-25-13(16)2)20-21-18(22)26-11-12-27(23,24)15-6-4-14(19)5-7-15/h3-8,10H,1,9,11-12H2,2H3. The lowest BCUT2D eigenvalue weighted by atomic mass is 10.2. The minimum absolute atomic E-state index is 0.0136. The third kappa shape index (κ3) is 4.45. The molecule has 6 nitrogen and oxygen atoms in total. The topological polar surface area (TPSA) is 78.0 Å². The highest BCUT2D eigenvalue weighted by atomic mass is 35.5. The van der Waals surface area contributed by atoms with Crippen LogP contribution in [0.2, 0.25) is 5.02 Å². The Balaban J connectivity index is 1.74. The lowest BCUT2D eigenvalue weighted by molar-refractivity contribution is 0.534. The molecule has 0 saturated carbocycles. The second kappa shape index (κ2) is 8.33. The molecule has 0 radical (unpaired) electrons. The van der Waals surface area contributed by atoms with Crippen LogP contribution in [0.15, 0.2) is 63.7 Å². The fraction of sp³-hybridized carbons (Fsp3) is 0.222. The Morgan fingerprint density at radius 2 is 2.00 bits per heavy atom. The summed E-state index contributed by atoms with van der Waals surface area (Å²) in [4.78, 5) is 0.259. The molecule has 0 saturated heterocycles. The van der Waals surface area contributed by atoms with Gasteiger partial charge in [-0.05, 0) is 37.3 Å². The van der Waals surface area contributed by atoms with Gasteiger partial charge in [0, 0.05) is 17.3 Å². The van der Waals surface area contributed by atoms with Gasteiger partial charge >= 0.3 is 0 Å². The summed E-state index contributed by atoms with van der Waals surface area (Å²) >= 11 is 7.16. The van der Waals surface area contributed by atoms with Gasteiger partial charge in [0.05, 0.1) is 22.5 Å². The predicted octanol–water partition coefficient (Wildman–Crippen LogP) is 4.25. The molecule has 0 bridgehead atoms. The Kier molecular flexibility index (Phi) is 6.08. The van der Waals surface area contributed by atoms with Crippen molar-refractivity contribution in [2.75, 3.05) is 11.5 Å². The van der Waals surface area contributed by atoms with E-state index < -0.39 is 9.84 Å². The molecule has 0 aliphatic heterocycles. The molecule has 0 aliphatic rings. The van der Waals surface area contributed by atoms with Crippen molar-refractivity contribution in [3.8, 4) is 11.4 Å². The summed E-state index contributed by atoms with van der Waals surface area (Å²) in [6.45, 7) is 6.14. The number of halogens is 1. The van der Waals surface area contributed by atoms with E-state index in [4.69, 9.17) is 16.0 Å². The molecule has 3 rings (SSSR count). The minimum Gasteiger partial charge on any atom is -0.469 e. The third-order valence-electron chi connectivity index (χ3n) is 3.88. The first kappa shape index (κ1) is 19.7. The summed E-state index contributed by atoms with van der Waals surface area (Å²) in [5, 5.41) is 9.59. The molecular weight excluding hydrogens is 406 g/mol. The first-order valence-electron chi connectivity index (χ1n) is 8.12. The van der Waals surface area contributed by atoms with Crippen LogP contribution in [0.3, 0.4) is 0 Å². The summed E-state index contributed by atoms with van der Waals surface area (Å²) < 4.78 is 32.1. The summed E-state index contributed by atoms with van der Waals surface area (Å²) in [7, 11) is -3.39. The van der Waals surface area contributed by atoms with Crippen molar-refractivity contribution >= 4 is 33.2 Å². The van der Waals surface area contributed by atoms with Gasteiger partial charge < -0.3 is 4.42 Å². The molecule has 3 aromatic rings. The van der Waals surface area contributed by atoms with Crippen LogP contribution < -0.4 is 0 Å². The smallest absolute Gasteiger partial charge is 0.191 e. The van der Waals surface area contributed by atoms with Crippen LogP contribution >= 0.6 is 23.4 Å². The molecule has 0 spiro atoms. The Labute approximate surface area is 167 Å². The van der Waals surface area contributed by atoms with Crippen molar-refractivity contribution in [1.29, 1.82) is 0 Å². The molecule has 0 unspecified atom stereocenters. The SMILES string of the molecule is C=CCn1c(SCCS(=O)(=O)c2ccc(Cl)cc2)nnc1-c1ccoc1C. The predicted molar refractivity (Wildman–Crippen MR) is 107 cm³/mol. The maximum Gasteiger partial charge on any atom is 0.191 e. The van der Waals surface area contributed by atoms with Crippen molar-refractivity contribution in [1.82, 2.24) is 14.8 Å². The maximum atomic E-state index is 12.5. The number of aryl methyl sites for hydroxylation is 1. The zero-order chi connectivity index (χ0) is 19.4. The number of rotatable bonds is 8. The highest BCUT2D eigenvalue weighted by molar-refractivity contribution is 8.00. The van der Waals surface area contributed by atoms with Gasteiger partial charge in [-0.1, -0.05) is 29.4 Å². The number of thioether (sulfide) groups is 1. The number of furan rings is 1. The van der Waals surface area contributed by atoms with Gasteiger partial charge in [0.25, 0.3) is 0 Å². The van der Waals surface area contributed by atoms with E-state index in [2.05, 4.69) is 16.8 Å². The highest BCUT2D eigenvalue weighted by Gasteiger charge is 2.19. The van der Waals surface area contributed by atoms with Crippen LogP contribution in [0.25, 0.3) is 11.4 Å². The summed E-state index contributed by atoms with van der Waals surface area (Å²) in [6, 6.07) is 8.01. The van der Waals surface area contributed by atoms with Crippen molar-refractivity contribution in [2.45, 2.75) is 23.5 Å². The molecule has 2 aromatic heterocycles. The Bertz CT molecular complexity index is 1040. The van der Waals surface area contributed by atoms with Gasteiger partial charge in [0.1, 0.15) is 5.76 Å². The molecule has 9 heteroatoms. The van der Waals surface area contributed by atoms with Gasteiger partial charge in [-0.25, -0.2) is 8.42 Å². The second-order valence-corrected chi connectivity index (χ2v) is 9.32. The molecular formula is C18H18ClN3O3S2. The number of sulfone groups is 1. The number of hydrogen-bond acceptors (Lipinski definition) is 6. The first-order valence-corrected chi connectivity index (χ1v) is 11.1. The number of aromatic nitrogens is 3. The highest BCUT2D eigenvalue weighted by Crippen LogP contribution is 2.27. The van der Waals surface area contributed by atoms with Crippen LogP contribution in [0.5, 0.6) is 0 Å². The minimum atomic E-state index is -3.39. The van der Waals surface area contributed by atoms with Crippen LogP contribution in [-0.4, -0.2) is 34.7 Å². The maximum absolute atomic E-state index is 12.5. The van der Waals surface area contributed by atoms with Crippen LogP contribution in [0, 0.1) is 6.92 Å². The molecule has 0 amide bonds. The normalized spacial score (nSPS) is 11.6. The molecule has 2 heterocycles. The van der Waals surface area contributed by atoms with E-state index in [0.717, 1.165) is 11.3 Å². The molecule has 0 N–H and O–H groups in total. The number of allylic oxidation sites excluding steroid dienone is 1. The number of benzene rings is 1. The van der Waals surface area contributed by atoms with E-state index in [9.17, 15) is 8.42 Å². The second-order valence-electron chi connectivity index (χ2n) is 5.72. The molecule has 27 heavy (non-hydrogen) atoms.